The molecule has 0 bridgehead atoms. The topological polar surface area (TPSA) is 55.0 Å². The maximum atomic E-state index is 4.52. The molecule has 2 aliphatic rings. The molecule has 0 saturated carbocycles. The van der Waals surface area contributed by atoms with Crippen LogP contribution in [0.5, 0.6) is 0 Å². The highest BCUT2D eigenvalue weighted by molar-refractivity contribution is 5.32. The summed E-state index contributed by atoms with van der Waals surface area (Å²) < 4.78 is 4.34. The van der Waals surface area contributed by atoms with Crippen molar-refractivity contribution in [2.75, 3.05) is 31.1 Å². The lowest BCUT2D eigenvalue weighted by molar-refractivity contribution is 0.0590. The number of rotatable bonds is 5. The molecule has 7 heteroatoms. The van der Waals surface area contributed by atoms with Crippen LogP contribution in [-0.2, 0) is 20.0 Å². The largest absolute Gasteiger partial charge is 0.341 e. The van der Waals surface area contributed by atoms with Crippen LogP contribution in [-0.4, -0.2) is 60.9 Å². The van der Waals surface area contributed by atoms with Gasteiger partial charge >= 0.3 is 0 Å². The second-order valence-electron chi connectivity index (χ2n) is 8.42. The van der Waals surface area contributed by atoms with Gasteiger partial charge in [-0.25, -0.2) is 4.98 Å². The zero-order chi connectivity index (χ0) is 18.9. The molecule has 0 spiro atoms. The fraction of sp³-hybridized carbons (Fsp3) is 0.750. The Kier molecular flexibility index (Phi) is 5.21. The number of anilines is 1. The average molecular weight is 372 g/mol. The summed E-state index contributed by atoms with van der Waals surface area (Å²) in [6, 6.07) is 0. The molecular weight excluding hydrogens is 338 g/mol. The molecule has 0 atom stereocenters. The highest BCUT2D eigenvalue weighted by Gasteiger charge is 2.37. The summed E-state index contributed by atoms with van der Waals surface area (Å²) in [6.45, 7) is 10.1. The second-order valence-corrected chi connectivity index (χ2v) is 8.42. The normalized spacial score (nSPS) is 20.9. The molecule has 148 valence electrons. The lowest BCUT2D eigenvalue weighted by Crippen LogP contribution is -2.55. The maximum absolute atomic E-state index is 4.52. The lowest BCUT2D eigenvalue weighted by atomic mass is 9.86. The van der Waals surface area contributed by atoms with E-state index in [0.717, 1.165) is 43.7 Å². The smallest absolute Gasteiger partial charge is 0.226 e. The number of aryl methyl sites for hydroxylation is 3. The second kappa shape index (κ2) is 7.62. The first-order valence-electron chi connectivity index (χ1n) is 10.4. The number of nitrogens with zero attached hydrogens (tertiary/aromatic N) is 7. The van der Waals surface area contributed by atoms with E-state index in [1.54, 1.807) is 0 Å². The predicted octanol–water partition coefficient (Wildman–Crippen LogP) is 2.41. The number of hydrogen-bond donors (Lipinski definition) is 0. The van der Waals surface area contributed by atoms with E-state index in [2.05, 4.69) is 48.1 Å². The van der Waals surface area contributed by atoms with E-state index >= 15 is 0 Å². The van der Waals surface area contributed by atoms with Gasteiger partial charge in [-0.1, -0.05) is 6.42 Å². The first kappa shape index (κ1) is 18.5. The molecule has 2 aromatic rings. The van der Waals surface area contributed by atoms with Crippen molar-refractivity contribution < 1.29 is 0 Å². The number of aromatic nitrogens is 5. The fourth-order valence-corrected chi connectivity index (χ4v) is 4.64. The van der Waals surface area contributed by atoms with E-state index in [9.17, 15) is 0 Å². The van der Waals surface area contributed by atoms with Gasteiger partial charge in [0, 0.05) is 51.0 Å². The van der Waals surface area contributed by atoms with Crippen molar-refractivity contribution in [3.05, 3.63) is 24.0 Å². The SMILES string of the molecule is Cc1nccn1CCc1nnc(N2CCC(C)(N3CCCCC3)CC2)n1C. The Bertz CT molecular complexity index is 748. The number of imidazole rings is 1. The minimum atomic E-state index is 0.358. The highest BCUT2D eigenvalue weighted by atomic mass is 15.4. The van der Waals surface area contributed by atoms with Gasteiger partial charge in [0.15, 0.2) is 0 Å². The summed E-state index contributed by atoms with van der Waals surface area (Å²) in [5.74, 6) is 3.11. The van der Waals surface area contributed by atoms with Crippen LogP contribution in [0.3, 0.4) is 0 Å². The molecule has 2 aromatic heterocycles. The summed E-state index contributed by atoms with van der Waals surface area (Å²) in [6.07, 6.45) is 11.3. The van der Waals surface area contributed by atoms with Gasteiger partial charge < -0.3 is 14.0 Å². The Labute approximate surface area is 162 Å². The van der Waals surface area contributed by atoms with Crippen molar-refractivity contribution in [3.8, 4) is 0 Å². The summed E-state index contributed by atoms with van der Waals surface area (Å²) in [5, 5.41) is 9.00. The Balaban J connectivity index is 1.37. The first-order chi connectivity index (χ1) is 13.1. The summed E-state index contributed by atoms with van der Waals surface area (Å²) in [7, 11) is 2.10. The van der Waals surface area contributed by atoms with E-state index in [0.29, 0.717) is 5.54 Å². The van der Waals surface area contributed by atoms with Crippen LogP contribution < -0.4 is 4.90 Å². The van der Waals surface area contributed by atoms with Gasteiger partial charge in [0.1, 0.15) is 11.6 Å². The van der Waals surface area contributed by atoms with Gasteiger partial charge in [-0.3, -0.25) is 4.90 Å². The van der Waals surface area contributed by atoms with Gasteiger partial charge in [-0.2, -0.15) is 0 Å². The molecular formula is C20H33N7. The minimum Gasteiger partial charge on any atom is -0.341 e. The van der Waals surface area contributed by atoms with Gasteiger partial charge in [0.25, 0.3) is 0 Å². The molecule has 0 radical (unpaired) electrons. The molecule has 0 aromatic carbocycles. The van der Waals surface area contributed by atoms with E-state index in [4.69, 9.17) is 0 Å². The molecule has 0 amide bonds. The van der Waals surface area contributed by atoms with Crippen molar-refractivity contribution in [2.45, 2.75) is 64.5 Å². The molecule has 2 saturated heterocycles. The Morgan fingerprint density at radius 3 is 2.44 bits per heavy atom. The number of likely N-dealkylation sites (tertiary alicyclic amines) is 1. The van der Waals surface area contributed by atoms with Gasteiger partial charge in [-0.05, 0) is 52.6 Å². The van der Waals surface area contributed by atoms with Crippen LogP contribution in [0.1, 0.15) is 50.7 Å². The predicted molar refractivity (Wildman–Crippen MR) is 107 cm³/mol. The van der Waals surface area contributed by atoms with Crippen molar-refractivity contribution in [2.24, 2.45) is 7.05 Å². The Morgan fingerprint density at radius 2 is 1.78 bits per heavy atom. The molecule has 4 heterocycles. The van der Waals surface area contributed by atoms with Crippen LogP contribution in [0, 0.1) is 6.92 Å². The zero-order valence-electron chi connectivity index (χ0n) is 17.1. The van der Waals surface area contributed by atoms with Crippen molar-refractivity contribution >= 4 is 5.95 Å². The van der Waals surface area contributed by atoms with Gasteiger partial charge in [0.2, 0.25) is 5.95 Å². The summed E-state index contributed by atoms with van der Waals surface area (Å²) in [5.41, 5.74) is 0.358. The molecule has 2 fully saturated rings. The summed E-state index contributed by atoms with van der Waals surface area (Å²) in [4.78, 5) is 9.45. The third-order valence-electron chi connectivity index (χ3n) is 6.68. The molecule has 2 aliphatic heterocycles. The van der Waals surface area contributed by atoms with Crippen LogP contribution >= 0.6 is 0 Å². The van der Waals surface area contributed by atoms with E-state index in [-0.39, 0.29) is 0 Å². The van der Waals surface area contributed by atoms with Gasteiger partial charge in [0.05, 0.1) is 0 Å². The van der Waals surface area contributed by atoms with E-state index in [1.807, 2.05) is 19.3 Å². The fourth-order valence-electron chi connectivity index (χ4n) is 4.64. The minimum absolute atomic E-state index is 0.358. The average Bonchev–Trinajstić information content (AvgIpc) is 3.27. The molecule has 0 N–H and O–H groups in total. The van der Waals surface area contributed by atoms with Crippen LogP contribution in [0.4, 0.5) is 5.95 Å². The van der Waals surface area contributed by atoms with Crippen molar-refractivity contribution in [1.29, 1.82) is 0 Å². The van der Waals surface area contributed by atoms with E-state index < -0.39 is 0 Å². The molecule has 0 aliphatic carbocycles. The van der Waals surface area contributed by atoms with Crippen LogP contribution in [0.2, 0.25) is 0 Å². The molecule has 27 heavy (non-hydrogen) atoms. The quantitative estimate of drug-likeness (QED) is 0.808. The molecule has 0 unspecified atom stereocenters. The Hall–Kier alpha value is -1.89. The lowest BCUT2D eigenvalue weighted by Gasteiger charge is -2.48. The Morgan fingerprint density at radius 1 is 1.04 bits per heavy atom. The number of piperidine rings is 2. The monoisotopic (exact) mass is 371 g/mol. The third kappa shape index (κ3) is 3.74. The van der Waals surface area contributed by atoms with Crippen molar-refractivity contribution in [1.82, 2.24) is 29.2 Å². The van der Waals surface area contributed by atoms with E-state index in [1.165, 1.54) is 45.2 Å². The third-order valence-corrected chi connectivity index (χ3v) is 6.68. The maximum Gasteiger partial charge on any atom is 0.226 e. The zero-order valence-corrected chi connectivity index (χ0v) is 17.1. The van der Waals surface area contributed by atoms with Crippen LogP contribution in [0.25, 0.3) is 0 Å². The first-order valence-corrected chi connectivity index (χ1v) is 10.4. The summed E-state index contributed by atoms with van der Waals surface area (Å²) >= 11 is 0. The molecule has 7 nitrogen and oxygen atoms in total. The standard InChI is InChI=1S/C20H33N7/c1-17-21-10-16-25(17)13-7-18-22-23-19(24(18)3)26-14-8-20(2,9-15-26)27-11-5-4-6-12-27/h10,16H,4-9,11-15H2,1-3H3. The van der Waals surface area contributed by atoms with Crippen molar-refractivity contribution in [3.63, 3.8) is 0 Å². The highest BCUT2D eigenvalue weighted by Crippen LogP contribution is 2.32. The molecule has 4 rings (SSSR count). The van der Waals surface area contributed by atoms with Gasteiger partial charge in [-0.15, -0.1) is 10.2 Å². The number of hydrogen-bond acceptors (Lipinski definition) is 5. The van der Waals surface area contributed by atoms with Crippen LogP contribution in [0.15, 0.2) is 12.4 Å².